The van der Waals surface area contributed by atoms with Crippen LogP contribution in [-0.2, 0) is 10.2 Å². The van der Waals surface area contributed by atoms with Crippen LogP contribution in [0.4, 0.5) is 0 Å². The lowest BCUT2D eigenvalue weighted by molar-refractivity contribution is 0.133. The van der Waals surface area contributed by atoms with Crippen LogP contribution >= 0.6 is 0 Å². The maximum Gasteiger partial charge on any atom is 0.274 e. The van der Waals surface area contributed by atoms with E-state index in [2.05, 4.69) is 54.7 Å². The van der Waals surface area contributed by atoms with Crippen molar-refractivity contribution in [3.63, 3.8) is 0 Å². The summed E-state index contributed by atoms with van der Waals surface area (Å²) in [7, 11) is -3.59. The molecule has 23 heavy (non-hydrogen) atoms. The summed E-state index contributed by atoms with van der Waals surface area (Å²) in [6.45, 7) is 9.00. The molecular weight excluding hydrogens is 310 g/mol. The van der Waals surface area contributed by atoms with Gasteiger partial charge in [0.05, 0.1) is 0 Å². The Hall–Kier alpha value is -0.950. The zero-order chi connectivity index (χ0) is 17.0. The van der Waals surface area contributed by atoms with Crippen molar-refractivity contribution in [2.45, 2.75) is 45.6 Å². The second-order valence-corrected chi connectivity index (χ2v) is 8.27. The first-order valence-electron chi connectivity index (χ1n) is 8.37. The van der Waals surface area contributed by atoms with Crippen molar-refractivity contribution in [3.8, 4) is 0 Å². The number of rotatable bonds is 6. The Labute approximate surface area is 140 Å². The number of benzene rings is 1. The summed E-state index contributed by atoms with van der Waals surface area (Å²) in [6, 6.07) is 9.19. The van der Waals surface area contributed by atoms with Crippen LogP contribution in [0.25, 0.3) is 0 Å². The van der Waals surface area contributed by atoms with Crippen molar-refractivity contribution < 1.29 is 8.42 Å². The van der Waals surface area contributed by atoms with E-state index in [1.54, 1.807) is 0 Å². The van der Waals surface area contributed by atoms with Crippen LogP contribution in [0.15, 0.2) is 24.3 Å². The van der Waals surface area contributed by atoms with Gasteiger partial charge in [-0.05, 0) is 49.3 Å². The number of nitrogens with two attached hydrogens (primary N) is 1. The fraction of sp³-hybridized carbons (Fsp3) is 0.647. The van der Waals surface area contributed by atoms with Crippen LogP contribution in [-0.4, -0.2) is 33.0 Å². The SMILES string of the molecule is CC(C)c1ccc([C@H](C)N2CCC[C@H](CNS(N)(=O)=O)C2)cc1. The predicted molar refractivity (Wildman–Crippen MR) is 94.4 cm³/mol. The Kier molecular flexibility index (Phi) is 6.19. The Bertz CT molecular complexity index is 599. The molecule has 5 nitrogen and oxygen atoms in total. The maximum atomic E-state index is 11.1. The van der Waals surface area contributed by atoms with Crippen LogP contribution in [0, 0.1) is 5.92 Å². The summed E-state index contributed by atoms with van der Waals surface area (Å²) in [5.41, 5.74) is 2.67. The number of nitrogens with one attached hydrogen (secondary N) is 1. The maximum absolute atomic E-state index is 11.1. The molecule has 0 unspecified atom stereocenters. The second-order valence-electron chi connectivity index (χ2n) is 6.89. The molecule has 0 aromatic heterocycles. The fourth-order valence-electron chi connectivity index (χ4n) is 3.22. The topological polar surface area (TPSA) is 75.4 Å². The van der Waals surface area contributed by atoms with Gasteiger partial charge in [0, 0.05) is 19.1 Å². The highest BCUT2D eigenvalue weighted by Crippen LogP contribution is 2.27. The van der Waals surface area contributed by atoms with Gasteiger partial charge in [0.25, 0.3) is 10.2 Å². The third kappa shape index (κ3) is 5.57. The highest BCUT2D eigenvalue weighted by molar-refractivity contribution is 7.87. The predicted octanol–water partition coefficient (Wildman–Crippen LogP) is 2.38. The highest BCUT2D eigenvalue weighted by Gasteiger charge is 2.25. The van der Waals surface area contributed by atoms with E-state index >= 15 is 0 Å². The monoisotopic (exact) mass is 339 g/mol. The molecule has 0 aliphatic carbocycles. The first-order valence-corrected chi connectivity index (χ1v) is 9.92. The number of nitrogens with zero attached hydrogens (tertiary/aromatic N) is 1. The number of hydrogen-bond acceptors (Lipinski definition) is 3. The van der Waals surface area contributed by atoms with Gasteiger partial charge in [-0.15, -0.1) is 0 Å². The first kappa shape index (κ1) is 18.4. The Balaban J connectivity index is 1.97. The van der Waals surface area contributed by atoms with E-state index in [1.807, 2.05) is 0 Å². The molecule has 1 aromatic carbocycles. The van der Waals surface area contributed by atoms with Crippen molar-refractivity contribution in [2.75, 3.05) is 19.6 Å². The van der Waals surface area contributed by atoms with E-state index in [-0.39, 0.29) is 0 Å². The van der Waals surface area contributed by atoms with Crippen molar-refractivity contribution in [2.24, 2.45) is 11.1 Å². The second kappa shape index (κ2) is 7.75. The van der Waals surface area contributed by atoms with E-state index in [1.165, 1.54) is 11.1 Å². The van der Waals surface area contributed by atoms with E-state index < -0.39 is 10.2 Å². The minimum atomic E-state index is -3.59. The van der Waals surface area contributed by atoms with Gasteiger partial charge in [-0.1, -0.05) is 38.1 Å². The molecule has 1 fully saturated rings. The summed E-state index contributed by atoms with van der Waals surface area (Å²) in [4.78, 5) is 2.43. The van der Waals surface area contributed by atoms with E-state index in [9.17, 15) is 8.42 Å². The largest absolute Gasteiger partial charge is 0.296 e. The molecule has 1 aliphatic rings. The molecule has 0 bridgehead atoms. The molecule has 2 atom stereocenters. The molecule has 130 valence electrons. The molecule has 1 saturated heterocycles. The van der Waals surface area contributed by atoms with Crippen LogP contribution in [0.1, 0.15) is 56.7 Å². The van der Waals surface area contributed by atoms with Gasteiger partial charge in [-0.2, -0.15) is 8.42 Å². The third-order valence-corrected chi connectivity index (χ3v) is 5.33. The van der Waals surface area contributed by atoms with Gasteiger partial charge < -0.3 is 0 Å². The molecule has 1 aromatic rings. The number of likely N-dealkylation sites (tertiary alicyclic amines) is 1. The van der Waals surface area contributed by atoms with Crippen LogP contribution in [0.2, 0.25) is 0 Å². The van der Waals surface area contributed by atoms with E-state index in [4.69, 9.17) is 5.14 Å². The number of hydrogen-bond donors (Lipinski definition) is 2. The summed E-state index contributed by atoms with van der Waals surface area (Å²) in [5, 5.41) is 5.02. The Morgan fingerprint density at radius 1 is 1.22 bits per heavy atom. The lowest BCUT2D eigenvalue weighted by atomic mass is 9.94. The standard InChI is InChI=1S/C17H29N3O2S/c1-13(2)16-6-8-17(9-7-16)14(3)20-10-4-5-15(12-20)11-19-23(18,21)22/h6-9,13-15,19H,4-5,10-12H2,1-3H3,(H2,18,21,22)/t14-,15+/m0/s1. The zero-order valence-corrected chi connectivity index (χ0v) is 15.1. The summed E-state index contributed by atoms with van der Waals surface area (Å²) in [6.07, 6.45) is 2.13. The normalized spacial score (nSPS) is 21.5. The molecule has 0 radical (unpaired) electrons. The Morgan fingerprint density at radius 2 is 1.83 bits per heavy atom. The molecule has 1 heterocycles. The van der Waals surface area contributed by atoms with Crippen LogP contribution in [0.5, 0.6) is 0 Å². The first-order chi connectivity index (χ1) is 10.8. The summed E-state index contributed by atoms with van der Waals surface area (Å²) < 4.78 is 24.5. The molecular formula is C17H29N3O2S. The number of piperidine rings is 1. The van der Waals surface area contributed by atoms with Crippen LogP contribution < -0.4 is 9.86 Å². The quantitative estimate of drug-likeness (QED) is 0.835. The van der Waals surface area contributed by atoms with E-state index in [0.29, 0.717) is 24.4 Å². The minimum absolute atomic E-state index is 0.319. The molecule has 0 amide bonds. The van der Waals surface area contributed by atoms with Gasteiger partial charge in [0.15, 0.2) is 0 Å². The molecule has 2 rings (SSSR count). The van der Waals surface area contributed by atoms with Crippen molar-refractivity contribution in [3.05, 3.63) is 35.4 Å². The zero-order valence-electron chi connectivity index (χ0n) is 14.3. The lowest BCUT2D eigenvalue weighted by Gasteiger charge is -2.37. The molecule has 1 aliphatic heterocycles. The minimum Gasteiger partial charge on any atom is -0.296 e. The van der Waals surface area contributed by atoms with Crippen molar-refractivity contribution in [1.82, 2.24) is 9.62 Å². The summed E-state index contributed by atoms with van der Waals surface area (Å²) in [5.74, 6) is 0.863. The van der Waals surface area contributed by atoms with Gasteiger partial charge in [0.2, 0.25) is 0 Å². The average Bonchev–Trinajstić information content (AvgIpc) is 2.52. The van der Waals surface area contributed by atoms with Gasteiger partial charge in [-0.3, -0.25) is 4.90 Å². The fourth-order valence-corrected chi connectivity index (χ4v) is 3.69. The van der Waals surface area contributed by atoms with Crippen molar-refractivity contribution >= 4 is 10.2 Å². The smallest absolute Gasteiger partial charge is 0.274 e. The third-order valence-electron chi connectivity index (χ3n) is 4.76. The van der Waals surface area contributed by atoms with Crippen molar-refractivity contribution in [1.29, 1.82) is 0 Å². The average molecular weight is 340 g/mol. The summed E-state index contributed by atoms with van der Waals surface area (Å²) >= 11 is 0. The molecule has 0 spiro atoms. The molecule has 0 saturated carbocycles. The van der Waals surface area contributed by atoms with Gasteiger partial charge >= 0.3 is 0 Å². The molecule has 6 heteroatoms. The Morgan fingerprint density at radius 3 is 2.39 bits per heavy atom. The van der Waals surface area contributed by atoms with Gasteiger partial charge in [-0.25, -0.2) is 9.86 Å². The van der Waals surface area contributed by atoms with Gasteiger partial charge in [0.1, 0.15) is 0 Å². The molecule has 3 N–H and O–H groups in total. The lowest BCUT2D eigenvalue weighted by Crippen LogP contribution is -2.43. The van der Waals surface area contributed by atoms with E-state index in [0.717, 1.165) is 25.9 Å². The highest BCUT2D eigenvalue weighted by atomic mass is 32.2. The van der Waals surface area contributed by atoms with Crippen LogP contribution in [0.3, 0.4) is 0 Å².